The number of ether oxygens (including phenoxy) is 1. The highest BCUT2D eigenvalue weighted by Crippen LogP contribution is 2.44. The molecular weight excluding hydrogens is 498 g/mol. The fourth-order valence-corrected chi connectivity index (χ4v) is 5.14. The Kier molecular flexibility index (Phi) is 5.71. The zero-order valence-corrected chi connectivity index (χ0v) is 20.2. The van der Waals surface area contributed by atoms with Gasteiger partial charge in [0.2, 0.25) is 5.91 Å². The first-order chi connectivity index (χ1) is 16.4. The molecule has 3 amide bonds. The van der Waals surface area contributed by atoms with Gasteiger partial charge in [-0.05, 0) is 48.9 Å². The van der Waals surface area contributed by atoms with Crippen LogP contribution in [-0.4, -0.2) is 35.9 Å². The SMILES string of the molecule is COc1ccccc1[C@@H]1NN(C(=O)c2cccc(Br)c2)[C@H]2C(=O)N(c3cccc(C)c3)C(=O)[C@H]12. The maximum Gasteiger partial charge on any atom is 0.268 e. The average molecular weight is 520 g/mol. The van der Waals surface area contributed by atoms with Gasteiger partial charge in [0.15, 0.2) is 0 Å². The molecule has 2 aliphatic rings. The summed E-state index contributed by atoms with van der Waals surface area (Å²) < 4.78 is 6.27. The number of fused-ring (bicyclic) bond motifs is 1. The summed E-state index contributed by atoms with van der Waals surface area (Å²) >= 11 is 3.39. The number of anilines is 1. The molecule has 3 aromatic carbocycles. The number of amides is 3. The highest BCUT2D eigenvalue weighted by molar-refractivity contribution is 9.10. The quantitative estimate of drug-likeness (QED) is 0.526. The Morgan fingerprint density at radius 2 is 1.74 bits per heavy atom. The number of nitrogens with zero attached hydrogens (tertiary/aromatic N) is 2. The number of imide groups is 1. The molecule has 3 aromatic rings. The number of hydrogen-bond donors (Lipinski definition) is 1. The van der Waals surface area contributed by atoms with Gasteiger partial charge in [0, 0.05) is 15.6 Å². The topological polar surface area (TPSA) is 79.0 Å². The van der Waals surface area contributed by atoms with E-state index >= 15 is 0 Å². The minimum atomic E-state index is -0.991. The molecular formula is C26H22BrN3O4. The number of hydrogen-bond acceptors (Lipinski definition) is 5. The van der Waals surface area contributed by atoms with E-state index in [4.69, 9.17) is 4.74 Å². The summed E-state index contributed by atoms with van der Waals surface area (Å²) in [6.45, 7) is 1.90. The summed E-state index contributed by atoms with van der Waals surface area (Å²) in [5.41, 5.74) is 5.70. The molecule has 2 aliphatic heterocycles. The first-order valence-electron chi connectivity index (χ1n) is 10.8. The second-order valence-electron chi connectivity index (χ2n) is 8.36. The minimum Gasteiger partial charge on any atom is -0.496 e. The lowest BCUT2D eigenvalue weighted by molar-refractivity contribution is -0.123. The van der Waals surface area contributed by atoms with Crippen LogP contribution in [0.4, 0.5) is 5.69 Å². The van der Waals surface area contributed by atoms with Crippen molar-refractivity contribution in [3.05, 3.63) is 94.0 Å². The lowest BCUT2D eigenvalue weighted by Gasteiger charge is -2.25. The standard InChI is InChI=1S/C26H22BrN3O4/c1-15-7-5-10-18(13-15)29-25(32)21-22(19-11-3-4-12-20(19)34-2)28-30(23(21)26(29)33)24(31)16-8-6-9-17(27)14-16/h3-14,21-23,28H,1-2H3/t21-,22+,23-/m1/s1. The van der Waals surface area contributed by atoms with Crippen molar-refractivity contribution in [1.29, 1.82) is 0 Å². The fraction of sp³-hybridized carbons (Fsp3) is 0.192. The normalized spacial score (nSPS) is 21.7. The number of para-hydroxylation sites is 1. The summed E-state index contributed by atoms with van der Waals surface area (Å²) in [6.07, 6.45) is 0. The predicted octanol–water partition coefficient (Wildman–Crippen LogP) is 4.03. The molecule has 1 N–H and O–H groups in total. The number of hydrazine groups is 1. The Morgan fingerprint density at radius 3 is 2.47 bits per heavy atom. The molecule has 34 heavy (non-hydrogen) atoms. The van der Waals surface area contributed by atoms with Gasteiger partial charge in [-0.2, -0.15) is 0 Å². The number of methoxy groups -OCH3 is 1. The molecule has 0 aliphatic carbocycles. The third-order valence-electron chi connectivity index (χ3n) is 6.26. The summed E-state index contributed by atoms with van der Waals surface area (Å²) in [4.78, 5) is 42.2. The van der Waals surface area contributed by atoms with E-state index in [9.17, 15) is 14.4 Å². The molecule has 0 aromatic heterocycles. The van der Waals surface area contributed by atoms with Crippen molar-refractivity contribution in [3.8, 4) is 5.75 Å². The molecule has 0 spiro atoms. The van der Waals surface area contributed by atoms with Crippen molar-refractivity contribution in [1.82, 2.24) is 10.4 Å². The maximum atomic E-state index is 13.7. The fourth-order valence-electron chi connectivity index (χ4n) is 4.74. The summed E-state index contributed by atoms with van der Waals surface area (Å²) in [5.74, 6) is -1.41. The zero-order valence-electron chi connectivity index (χ0n) is 18.6. The highest BCUT2D eigenvalue weighted by atomic mass is 79.9. The van der Waals surface area contributed by atoms with Crippen LogP contribution in [0.5, 0.6) is 5.75 Å². The summed E-state index contributed by atoms with van der Waals surface area (Å²) in [5, 5.41) is 1.31. The van der Waals surface area contributed by atoms with Crippen LogP contribution in [0.3, 0.4) is 0 Å². The molecule has 7 nitrogen and oxygen atoms in total. The van der Waals surface area contributed by atoms with Crippen molar-refractivity contribution in [2.24, 2.45) is 5.92 Å². The molecule has 172 valence electrons. The van der Waals surface area contributed by atoms with Crippen LogP contribution in [0, 0.1) is 12.8 Å². The van der Waals surface area contributed by atoms with Crippen LogP contribution in [0.25, 0.3) is 0 Å². The molecule has 0 unspecified atom stereocenters. The van der Waals surface area contributed by atoms with Crippen molar-refractivity contribution in [2.45, 2.75) is 19.0 Å². The van der Waals surface area contributed by atoms with Crippen LogP contribution in [0.15, 0.2) is 77.3 Å². The van der Waals surface area contributed by atoms with E-state index in [1.165, 1.54) is 9.91 Å². The largest absolute Gasteiger partial charge is 0.496 e. The smallest absolute Gasteiger partial charge is 0.268 e. The van der Waals surface area contributed by atoms with Crippen LogP contribution in [-0.2, 0) is 9.59 Å². The van der Waals surface area contributed by atoms with Crippen molar-refractivity contribution in [3.63, 3.8) is 0 Å². The Bertz CT molecular complexity index is 1310. The van der Waals surface area contributed by atoms with Crippen LogP contribution in [0.1, 0.15) is 27.5 Å². The number of nitrogens with one attached hydrogen (secondary N) is 1. The maximum absolute atomic E-state index is 13.7. The molecule has 0 bridgehead atoms. The van der Waals surface area contributed by atoms with Crippen LogP contribution >= 0.6 is 15.9 Å². The Hall–Kier alpha value is -3.49. The van der Waals surface area contributed by atoms with E-state index in [1.54, 1.807) is 49.6 Å². The average Bonchev–Trinajstić information content (AvgIpc) is 3.35. The van der Waals surface area contributed by atoms with Crippen molar-refractivity contribution >= 4 is 39.3 Å². The third-order valence-corrected chi connectivity index (χ3v) is 6.75. The van der Waals surface area contributed by atoms with Crippen molar-refractivity contribution in [2.75, 3.05) is 12.0 Å². The minimum absolute atomic E-state index is 0.353. The van der Waals surface area contributed by atoms with Gasteiger partial charge in [0.25, 0.3) is 11.8 Å². The lowest BCUT2D eigenvalue weighted by Crippen LogP contribution is -2.48. The van der Waals surface area contributed by atoms with Gasteiger partial charge in [-0.25, -0.2) is 10.3 Å². The van der Waals surface area contributed by atoms with Gasteiger partial charge in [-0.1, -0.05) is 52.3 Å². The first-order valence-corrected chi connectivity index (χ1v) is 11.6. The lowest BCUT2D eigenvalue weighted by atomic mass is 9.90. The first kappa shape index (κ1) is 22.3. The number of carbonyl (C=O) groups excluding carboxylic acids is 3. The van der Waals surface area contributed by atoms with Crippen molar-refractivity contribution < 1.29 is 19.1 Å². The van der Waals surface area contributed by atoms with E-state index in [0.717, 1.165) is 10.0 Å². The molecule has 3 atom stereocenters. The molecule has 2 heterocycles. The van der Waals surface area contributed by atoms with E-state index in [0.29, 0.717) is 22.6 Å². The molecule has 2 saturated heterocycles. The highest BCUT2D eigenvalue weighted by Gasteiger charge is 2.60. The van der Waals surface area contributed by atoms with Crippen LogP contribution in [0.2, 0.25) is 0 Å². The number of halogens is 1. The molecule has 8 heteroatoms. The summed E-state index contributed by atoms with van der Waals surface area (Å²) in [7, 11) is 1.55. The summed E-state index contributed by atoms with van der Waals surface area (Å²) in [6, 6.07) is 19.9. The molecule has 5 rings (SSSR count). The zero-order chi connectivity index (χ0) is 24.0. The van der Waals surface area contributed by atoms with Gasteiger partial charge in [0.05, 0.1) is 24.8 Å². The van der Waals surface area contributed by atoms with Gasteiger partial charge >= 0.3 is 0 Å². The number of carbonyl (C=O) groups is 3. The van der Waals surface area contributed by atoms with E-state index in [-0.39, 0.29) is 11.8 Å². The van der Waals surface area contributed by atoms with E-state index in [1.807, 2.05) is 37.3 Å². The van der Waals surface area contributed by atoms with E-state index in [2.05, 4.69) is 21.4 Å². The Labute approximate surface area is 205 Å². The van der Waals surface area contributed by atoms with Gasteiger partial charge < -0.3 is 4.74 Å². The van der Waals surface area contributed by atoms with Crippen LogP contribution < -0.4 is 15.1 Å². The molecule has 0 saturated carbocycles. The third kappa shape index (κ3) is 3.59. The molecule has 2 fully saturated rings. The number of aryl methyl sites for hydroxylation is 1. The Morgan fingerprint density at radius 1 is 0.971 bits per heavy atom. The molecule has 0 radical (unpaired) electrons. The number of benzene rings is 3. The second-order valence-corrected chi connectivity index (χ2v) is 9.27. The van der Waals surface area contributed by atoms with Gasteiger partial charge in [-0.3, -0.25) is 19.4 Å². The number of rotatable bonds is 4. The predicted molar refractivity (Wildman–Crippen MR) is 130 cm³/mol. The Balaban J connectivity index is 1.61. The second kappa shape index (κ2) is 8.70. The van der Waals surface area contributed by atoms with Gasteiger partial charge in [-0.15, -0.1) is 0 Å². The monoisotopic (exact) mass is 519 g/mol. The van der Waals surface area contributed by atoms with Gasteiger partial charge in [0.1, 0.15) is 11.8 Å². The van der Waals surface area contributed by atoms with E-state index < -0.39 is 23.9 Å².